The summed E-state index contributed by atoms with van der Waals surface area (Å²) in [4.78, 5) is 12.5. The van der Waals surface area contributed by atoms with Crippen molar-refractivity contribution in [2.45, 2.75) is 386 Å². The highest BCUT2D eigenvalue weighted by molar-refractivity contribution is 5.76. The third kappa shape index (κ3) is 64.6. The number of aliphatic hydroxyl groups is 2. The fourth-order valence-corrected chi connectivity index (χ4v) is 10.8. The summed E-state index contributed by atoms with van der Waals surface area (Å²) >= 11 is 0. The zero-order valence-corrected chi connectivity index (χ0v) is 52.7. The molecule has 1 amide bonds. The molecule has 0 aromatic carbocycles. The lowest BCUT2D eigenvalue weighted by atomic mass is 10.0. The molecule has 0 aromatic rings. The van der Waals surface area contributed by atoms with Crippen molar-refractivity contribution in [1.29, 1.82) is 0 Å². The number of allylic oxidation sites excluding steroid dienone is 11. The summed E-state index contributed by atoms with van der Waals surface area (Å²) < 4.78 is 0. The van der Waals surface area contributed by atoms with E-state index in [9.17, 15) is 15.0 Å². The van der Waals surface area contributed by atoms with E-state index in [1.54, 1.807) is 6.08 Å². The molecule has 0 saturated carbocycles. The Labute approximate surface area is 489 Å². The Bertz CT molecular complexity index is 1330. The van der Waals surface area contributed by atoms with Crippen molar-refractivity contribution in [3.8, 4) is 0 Å². The molecular weight excluding hydrogens is 951 g/mol. The average molecular weight is 1090 g/mol. The molecular formula is C74H137NO3. The highest BCUT2D eigenvalue weighted by Gasteiger charge is 2.18. The molecule has 0 aliphatic carbocycles. The Morgan fingerprint density at radius 1 is 0.308 bits per heavy atom. The van der Waals surface area contributed by atoms with Crippen molar-refractivity contribution in [2.24, 2.45) is 0 Å². The normalized spacial score (nSPS) is 13.1. The molecule has 4 heteroatoms. The molecule has 0 aromatic heterocycles. The van der Waals surface area contributed by atoms with E-state index in [0.29, 0.717) is 6.42 Å². The summed E-state index contributed by atoms with van der Waals surface area (Å²) in [5, 5.41) is 23.2. The smallest absolute Gasteiger partial charge is 0.220 e. The molecule has 456 valence electrons. The van der Waals surface area contributed by atoms with E-state index in [4.69, 9.17) is 0 Å². The van der Waals surface area contributed by atoms with Gasteiger partial charge in [0, 0.05) is 6.42 Å². The molecule has 0 radical (unpaired) electrons. The second-order valence-corrected chi connectivity index (χ2v) is 23.9. The van der Waals surface area contributed by atoms with Gasteiger partial charge in [-0.15, -0.1) is 0 Å². The Hall–Kier alpha value is -2.17. The van der Waals surface area contributed by atoms with Gasteiger partial charge in [-0.3, -0.25) is 4.79 Å². The van der Waals surface area contributed by atoms with Crippen molar-refractivity contribution >= 4 is 5.91 Å². The summed E-state index contributed by atoms with van der Waals surface area (Å²) in [5.74, 6) is -0.0723. The van der Waals surface area contributed by atoms with Gasteiger partial charge in [-0.1, -0.05) is 356 Å². The van der Waals surface area contributed by atoms with Crippen molar-refractivity contribution in [1.82, 2.24) is 5.32 Å². The molecule has 2 unspecified atom stereocenters. The van der Waals surface area contributed by atoms with Crippen LogP contribution >= 0.6 is 0 Å². The molecule has 4 nitrogen and oxygen atoms in total. The van der Waals surface area contributed by atoms with E-state index in [1.807, 2.05) is 6.08 Å². The van der Waals surface area contributed by atoms with Gasteiger partial charge in [0.05, 0.1) is 18.8 Å². The molecule has 78 heavy (non-hydrogen) atoms. The van der Waals surface area contributed by atoms with Gasteiger partial charge >= 0.3 is 0 Å². The number of carbonyl (C=O) groups excluding carboxylic acids is 1. The molecule has 0 rings (SSSR count). The number of rotatable bonds is 65. The fourth-order valence-electron chi connectivity index (χ4n) is 10.8. The highest BCUT2D eigenvalue weighted by atomic mass is 16.3. The monoisotopic (exact) mass is 1090 g/mol. The summed E-state index contributed by atoms with van der Waals surface area (Å²) in [6.07, 6.45) is 100.0. The number of carbonyl (C=O) groups is 1. The Morgan fingerprint density at radius 2 is 0.538 bits per heavy atom. The lowest BCUT2D eigenvalue weighted by molar-refractivity contribution is -0.123. The van der Waals surface area contributed by atoms with Crippen LogP contribution in [0, 0.1) is 0 Å². The molecule has 0 aliphatic rings. The number of aliphatic hydroxyl groups excluding tert-OH is 2. The Balaban J connectivity index is 3.47. The standard InChI is InChI=1S/C74H137NO3/c1-3-5-7-9-11-13-15-17-19-21-23-25-27-29-31-32-33-34-35-36-37-38-39-40-41-42-44-46-48-50-52-54-56-58-60-62-64-66-68-70-74(78)75-72(71-76)73(77)69-67-65-63-61-59-57-55-53-51-49-47-45-43-30-28-26-24-22-20-18-16-14-12-10-8-6-4-2/h15,17,21,23,27,29,51,53,59,61,67,69,72-73,76-77H,3-14,16,18-20,22,24-26,28,30-50,52,54-58,60,62-66,68,70-71H2,1-2H3,(H,75,78)/b17-15-,23-21-,29-27-,53-51+,61-59+,69-67+. The predicted octanol–water partition coefficient (Wildman–Crippen LogP) is 24.0. The highest BCUT2D eigenvalue weighted by Crippen LogP contribution is 2.18. The van der Waals surface area contributed by atoms with Gasteiger partial charge in [0.1, 0.15) is 0 Å². The van der Waals surface area contributed by atoms with E-state index in [1.165, 1.54) is 302 Å². The van der Waals surface area contributed by atoms with E-state index in [-0.39, 0.29) is 12.5 Å². The summed E-state index contributed by atoms with van der Waals surface area (Å²) in [6, 6.07) is -0.648. The van der Waals surface area contributed by atoms with Crippen molar-refractivity contribution in [2.75, 3.05) is 6.61 Å². The van der Waals surface area contributed by atoms with E-state index in [2.05, 4.69) is 79.9 Å². The molecule has 0 bridgehead atoms. The molecule has 2 atom stereocenters. The molecule has 0 aliphatic heterocycles. The zero-order valence-electron chi connectivity index (χ0n) is 52.7. The van der Waals surface area contributed by atoms with Crippen LogP contribution in [0.1, 0.15) is 373 Å². The SMILES string of the molecule is CCCCCCC/C=C\C/C=C\C/C=C\CCCCCCCCCCCCCCCCCCCCCCCCCCC(=O)NC(CO)C(O)/C=C/CC/C=C/CC/C=C/CCCCCCCCCCCCCCCCCCC. The maximum Gasteiger partial charge on any atom is 0.220 e. The van der Waals surface area contributed by atoms with Crippen LogP contribution in [-0.4, -0.2) is 34.9 Å². The van der Waals surface area contributed by atoms with Gasteiger partial charge in [0.25, 0.3) is 0 Å². The van der Waals surface area contributed by atoms with E-state index in [0.717, 1.165) is 51.4 Å². The second kappa shape index (κ2) is 69.1. The third-order valence-corrected chi connectivity index (χ3v) is 16.1. The Kier molecular flexibility index (Phi) is 67.2. The predicted molar refractivity (Wildman–Crippen MR) is 350 cm³/mol. The van der Waals surface area contributed by atoms with Crippen molar-refractivity contribution < 1.29 is 15.0 Å². The van der Waals surface area contributed by atoms with Crippen LogP contribution in [0.2, 0.25) is 0 Å². The number of hydrogen-bond donors (Lipinski definition) is 3. The van der Waals surface area contributed by atoms with Crippen LogP contribution in [0.4, 0.5) is 0 Å². The zero-order chi connectivity index (χ0) is 56.2. The number of unbranched alkanes of at least 4 members (excludes halogenated alkanes) is 48. The van der Waals surface area contributed by atoms with Gasteiger partial charge in [-0.25, -0.2) is 0 Å². The van der Waals surface area contributed by atoms with Crippen LogP contribution in [0.15, 0.2) is 72.9 Å². The van der Waals surface area contributed by atoms with Crippen molar-refractivity contribution in [3.63, 3.8) is 0 Å². The van der Waals surface area contributed by atoms with Crippen LogP contribution < -0.4 is 5.32 Å². The fraction of sp³-hybridized carbons (Fsp3) is 0.824. The molecule has 0 fully saturated rings. The number of amides is 1. The maximum atomic E-state index is 12.5. The first-order valence-electron chi connectivity index (χ1n) is 35.2. The quantitative estimate of drug-likeness (QED) is 0.0420. The minimum atomic E-state index is -0.873. The van der Waals surface area contributed by atoms with Crippen LogP contribution in [0.25, 0.3) is 0 Å². The summed E-state index contributed by atoms with van der Waals surface area (Å²) in [6.45, 7) is 4.32. The van der Waals surface area contributed by atoms with Gasteiger partial charge in [0.2, 0.25) is 5.91 Å². The number of nitrogens with one attached hydrogen (secondary N) is 1. The van der Waals surface area contributed by atoms with E-state index >= 15 is 0 Å². The average Bonchev–Trinajstić information content (AvgIpc) is 3.44. The minimum Gasteiger partial charge on any atom is -0.394 e. The first kappa shape index (κ1) is 75.8. The van der Waals surface area contributed by atoms with Crippen LogP contribution in [0.5, 0.6) is 0 Å². The van der Waals surface area contributed by atoms with Crippen LogP contribution in [0.3, 0.4) is 0 Å². The summed E-state index contributed by atoms with van der Waals surface area (Å²) in [5.41, 5.74) is 0. The van der Waals surface area contributed by atoms with E-state index < -0.39 is 12.1 Å². The lowest BCUT2D eigenvalue weighted by Crippen LogP contribution is -2.45. The maximum absolute atomic E-state index is 12.5. The minimum absolute atomic E-state index is 0.0723. The summed E-state index contributed by atoms with van der Waals surface area (Å²) in [7, 11) is 0. The van der Waals surface area contributed by atoms with Gasteiger partial charge < -0.3 is 15.5 Å². The van der Waals surface area contributed by atoms with Crippen molar-refractivity contribution in [3.05, 3.63) is 72.9 Å². The third-order valence-electron chi connectivity index (χ3n) is 16.1. The molecule has 0 heterocycles. The van der Waals surface area contributed by atoms with Gasteiger partial charge in [-0.2, -0.15) is 0 Å². The van der Waals surface area contributed by atoms with Gasteiger partial charge in [0.15, 0.2) is 0 Å². The first-order chi connectivity index (χ1) is 38.7. The lowest BCUT2D eigenvalue weighted by Gasteiger charge is -2.19. The molecule has 0 saturated heterocycles. The molecule has 0 spiro atoms. The van der Waals surface area contributed by atoms with Gasteiger partial charge in [-0.05, 0) is 83.5 Å². The molecule has 3 N–H and O–H groups in total. The number of hydrogen-bond acceptors (Lipinski definition) is 3. The second-order valence-electron chi connectivity index (χ2n) is 23.9. The topological polar surface area (TPSA) is 69.6 Å². The Morgan fingerprint density at radius 3 is 0.833 bits per heavy atom. The first-order valence-corrected chi connectivity index (χ1v) is 35.2. The largest absolute Gasteiger partial charge is 0.394 e. The van der Waals surface area contributed by atoms with Crippen LogP contribution in [-0.2, 0) is 4.79 Å².